The van der Waals surface area contributed by atoms with E-state index < -0.39 is 0 Å². The minimum absolute atomic E-state index is 0.0948. The predicted octanol–water partition coefficient (Wildman–Crippen LogP) is 6.02. The number of benzene rings is 3. The lowest BCUT2D eigenvalue weighted by Gasteiger charge is -2.36. The van der Waals surface area contributed by atoms with Crippen molar-refractivity contribution in [2.24, 2.45) is 0 Å². The summed E-state index contributed by atoms with van der Waals surface area (Å²) in [6.07, 6.45) is 4.03. The highest BCUT2D eigenvalue weighted by Gasteiger charge is 2.27. The number of carbonyl (C=O) groups is 1. The number of anilines is 1. The number of hydrogen-bond donors (Lipinski definition) is 0. The quantitative estimate of drug-likeness (QED) is 0.239. The smallest absolute Gasteiger partial charge is 0.253 e. The molecule has 0 spiro atoms. The molecular formula is C34H36N6O. The molecule has 1 saturated heterocycles. The summed E-state index contributed by atoms with van der Waals surface area (Å²) in [4.78, 5) is 27.7. The zero-order valence-corrected chi connectivity index (χ0v) is 23.8. The molecule has 41 heavy (non-hydrogen) atoms. The van der Waals surface area contributed by atoms with Crippen molar-refractivity contribution in [3.8, 4) is 5.69 Å². The lowest BCUT2D eigenvalue weighted by atomic mass is 10.1. The first kappa shape index (κ1) is 26.7. The van der Waals surface area contributed by atoms with Gasteiger partial charge in [-0.2, -0.15) is 5.10 Å². The molecule has 2 aromatic heterocycles. The maximum absolute atomic E-state index is 13.3. The first-order chi connectivity index (χ1) is 20.1. The Morgan fingerprint density at radius 1 is 0.805 bits per heavy atom. The Morgan fingerprint density at radius 2 is 1.49 bits per heavy atom. The maximum Gasteiger partial charge on any atom is 0.253 e. The van der Waals surface area contributed by atoms with Crippen LogP contribution in [0, 0.1) is 6.92 Å². The van der Waals surface area contributed by atoms with E-state index in [-0.39, 0.29) is 5.91 Å². The molecule has 3 heterocycles. The van der Waals surface area contributed by atoms with Crippen molar-refractivity contribution in [2.45, 2.75) is 39.5 Å². The standard InChI is InChI=1S/C34H36N6O/c1-3-4-11-26-16-18-28(19-17-26)34(41)39-22-20-38(21-23-39)32-31-25(2)37-40(29-14-9-6-10-15-29)33(31)36-30(35-32)24-27-12-7-5-8-13-27/h5-10,12-19H,3-4,11,20-24H2,1-2H3. The van der Waals surface area contributed by atoms with Crippen LogP contribution < -0.4 is 4.90 Å². The number of aryl methyl sites for hydroxylation is 2. The van der Waals surface area contributed by atoms with Crippen molar-refractivity contribution in [3.05, 3.63) is 113 Å². The molecule has 0 N–H and O–H groups in total. The van der Waals surface area contributed by atoms with Crippen LogP contribution in [0.25, 0.3) is 16.7 Å². The van der Waals surface area contributed by atoms with Crippen molar-refractivity contribution in [1.29, 1.82) is 0 Å². The first-order valence-electron chi connectivity index (χ1n) is 14.6. The molecule has 7 nitrogen and oxygen atoms in total. The Labute approximate surface area is 241 Å². The van der Waals surface area contributed by atoms with E-state index in [0.29, 0.717) is 32.6 Å². The lowest BCUT2D eigenvalue weighted by Crippen LogP contribution is -2.49. The van der Waals surface area contributed by atoms with Gasteiger partial charge in [0, 0.05) is 38.2 Å². The van der Waals surface area contributed by atoms with Crippen LogP contribution in [-0.4, -0.2) is 56.7 Å². The molecule has 0 atom stereocenters. The number of hydrogen-bond acceptors (Lipinski definition) is 5. The van der Waals surface area contributed by atoms with Crippen LogP contribution in [0.5, 0.6) is 0 Å². The average Bonchev–Trinajstić information content (AvgIpc) is 3.36. The molecule has 6 rings (SSSR count). The molecule has 0 saturated carbocycles. The zero-order valence-electron chi connectivity index (χ0n) is 23.8. The molecule has 1 amide bonds. The molecule has 0 bridgehead atoms. The van der Waals surface area contributed by atoms with E-state index in [1.165, 1.54) is 18.4 Å². The molecule has 0 unspecified atom stereocenters. The van der Waals surface area contributed by atoms with Gasteiger partial charge in [-0.05, 0) is 55.2 Å². The normalized spacial score (nSPS) is 13.6. The van der Waals surface area contributed by atoms with E-state index in [2.05, 4.69) is 36.1 Å². The summed E-state index contributed by atoms with van der Waals surface area (Å²) >= 11 is 0. The number of nitrogens with zero attached hydrogens (tertiary/aromatic N) is 6. The topological polar surface area (TPSA) is 67.2 Å². The average molecular weight is 545 g/mol. The van der Waals surface area contributed by atoms with Crippen molar-refractivity contribution >= 4 is 22.8 Å². The van der Waals surface area contributed by atoms with Crippen LogP contribution in [0.15, 0.2) is 84.9 Å². The molecule has 0 radical (unpaired) electrons. The third-order valence-electron chi connectivity index (χ3n) is 7.82. The van der Waals surface area contributed by atoms with Crippen LogP contribution >= 0.6 is 0 Å². The third kappa shape index (κ3) is 5.71. The van der Waals surface area contributed by atoms with Crippen molar-refractivity contribution in [1.82, 2.24) is 24.6 Å². The fourth-order valence-corrected chi connectivity index (χ4v) is 5.54. The van der Waals surface area contributed by atoms with Gasteiger partial charge < -0.3 is 9.80 Å². The number of amides is 1. The van der Waals surface area contributed by atoms with Crippen LogP contribution in [0.2, 0.25) is 0 Å². The van der Waals surface area contributed by atoms with Gasteiger partial charge in [-0.15, -0.1) is 0 Å². The van der Waals surface area contributed by atoms with Crippen molar-refractivity contribution in [2.75, 3.05) is 31.1 Å². The summed E-state index contributed by atoms with van der Waals surface area (Å²) in [5.74, 6) is 1.75. The van der Waals surface area contributed by atoms with Gasteiger partial charge in [-0.1, -0.05) is 74.0 Å². The summed E-state index contributed by atoms with van der Waals surface area (Å²) in [5.41, 5.74) is 5.89. The van der Waals surface area contributed by atoms with Crippen LogP contribution in [0.3, 0.4) is 0 Å². The second-order valence-electron chi connectivity index (χ2n) is 10.7. The Morgan fingerprint density at radius 3 is 2.17 bits per heavy atom. The van der Waals surface area contributed by atoms with Gasteiger partial charge in [0.1, 0.15) is 11.6 Å². The summed E-state index contributed by atoms with van der Waals surface area (Å²) in [6, 6.07) is 28.6. The maximum atomic E-state index is 13.3. The predicted molar refractivity (Wildman–Crippen MR) is 164 cm³/mol. The van der Waals surface area contributed by atoms with Crippen LogP contribution in [0.4, 0.5) is 5.82 Å². The number of para-hydroxylation sites is 1. The van der Waals surface area contributed by atoms with Crippen molar-refractivity contribution < 1.29 is 4.79 Å². The van der Waals surface area contributed by atoms with E-state index in [1.54, 1.807) is 0 Å². The summed E-state index contributed by atoms with van der Waals surface area (Å²) in [5, 5.41) is 5.86. The monoisotopic (exact) mass is 544 g/mol. The first-order valence-corrected chi connectivity index (χ1v) is 14.6. The SMILES string of the molecule is CCCCc1ccc(C(=O)N2CCN(c3nc(Cc4ccccc4)nc4c3c(C)nn4-c3ccccc3)CC2)cc1. The molecule has 0 aliphatic carbocycles. The number of fused-ring (bicyclic) bond motifs is 1. The third-order valence-corrected chi connectivity index (χ3v) is 7.82. The number of piperazine rings is 1. The van der Waals surface area contributed by atoms with Gasteiger partial charge in [0.25, 0.3) is 5.91 Å². The van der Waals surface area contributed by atoms with E-state index >= 15 is 0 Å². The van der Waals surface area contributed by atoms with Gasteiger partial charge in [0.2, 0.25) is 0 Å². The molecular weight excluding hydrogens is 508 g/mol. The van der Waals surface area contributed by atoms with Gasteiger partial charge >= 0.3 is 0 Å². The van der Waals surface area contributed by atoms with Crippen LogP contribution in [0.1, 0.15) is 52.8 Å². The highest BCUT2D eigenvalue weighted by Crippen LogP contribution is 2.30. The van der Waals surface area contributed by atoms with E-state index in [4.69, 9.17) is 15.1 Å². The Balaban J connectivity index is 1.28. The fraction of sp³-hybridized carbons (Fsp3) is 0.294. The van der Waals surface area contributed by atoms with Crippen LogP contribution in [-0.2, 0) is 12.8 Å². The molecule has 7 heteroatoms. The van der Waals surface area contributed by atoms with E-state index in [0.717, 1.165) is 51.6 Å². The molecule has 1 aliphatic heterocycles. The van der Waals surface area contributed by atoms with Crippen molar-refractivity contribution in [3.63, 3.8) is 0 Å². The Bertz CT molecular complexity index is 1620. The van der Waals surface area contributed by atoms with Gasteiger partial charge in [-0.3, -0.25) is 4.79 Å². The number of aromatic nitrogens is 4. The zero-order chi connectivity index (χ0) is 28.2. The lowest BCUT2D eigenvalue weighted by molar-refractivity contribution is 0.0746. The molecule has 1 fully saturated rings. The molecule has 208 valence electrons. The highest BCUT2D eigenvalue weighted by molar-refractivity contribution is 5.95. The van der Waals surface area contributed by atoms with E-state index in [9.17, 15) is 4.79 Å². The molecule has 5 aromatic rings. The summed E-state index contributed by atoms with van der Waals surface area (Å²) < 4.78 is 1.92. The minimum Gasteiger partial charge on any atom is -0.352 e. The number of rotatable bonds is 8. The Kier molecular flexibility index (Phi) is 7.76. The van der Waals surface area contributed by atoms with Gasteiger partial charge in [0.05, 0.1) is 16.8 Å². The largest absolute Gasteiger partial charge is 0.352 e. The minimum atomic E-state index is 0.0948. The van der Waals surface area contributed by atoms with Gasteiger partial charge in [-0.25, -0.2) is 14.6 Å². The summed E-state index contributed by atoms with van der Waals surface area (Å²) in [6.45, 7) is 6.91. The fourth-order valence-electron chi connectivity index (χ4n) is 5.54. The molecule has 3 aromatic carbocycles. The second kappa shape index (κ2) is 11.9. The van der Waals surface area contributed by atoms with Gasteiger partial charge in [0.15, 0.2) is 5.65 Å². The molecule has 1 aliphatic rings. The Hall–Kier alpha value is -4.52. The van der Waals surface area contributed by atoms with E-state index in [1.807, 2.05) is 77.2 Å². The number of unbranched alkanes of at least 4 members (excludes halogenated alkanes) is 1. The summed E-state index contributed by atoms with van der Waals surface area (Å²) in [7, 11) is 0. The second-order valence-corrected chi connectivity index (χ2v) is 10.7. The highest BCUT2D eigenvalue weighted by atomic mass is 16.2. The number of carbonyl (C=O) groups excluding carboxylic acids is 1.